The predicted molar refractivity (Wildman–Crippen MR) is 69.7 cm³/mol. The van der Waals surface area contributed by atoms with Gasteiger partial charge in [0.25, 0.3) is 0 Å². The molecule has 1 N–H and O–H groups in total. The number of Topliss-reactive ketones (excluding diaryl/α,β-unsaturated/α-hetero) is 1. The van der Waals surface area contributed by atoms with Crippen LogP contribution in [0.3, 0.4) is 0 Å². The van der Waals surface area contributed by atoms with Crippen LogP contribution in [0.5, 0.6) is 0 Å². The number of aromatic amines is 1. The number of hydrogen-bond donors (Lipinski definition) is 1. The second-order valence-corrected chi connectivity index (χ2v) is 7.15. The van der Waals surface area contributed by atoms with Crippen molar-refractivity contribution in [3.8, 4) is 0 Å². The predicted octanol–water partition coefficient (Wildman–Crippen LogP) is 0.545. The van der Waals surface area contributed by atoms with Crippen molar-refractivity contribution < 1.29 is 13.2 Å². The Morgan fingerprint density at radius 2 is 1.94 bits per heavy atom. The third-order valence-corrected chi connectivity index (χ3v) is 4.86. The van der Waals surface area contributed by atoms with Crippen molar-refractivity contribution in [3.63, 3.8) is 0 Å². The van der Waals surface area contributed by atoms with E-state index in [-0.39, 0.29) is 17.3 Å². The first-order valence-corrected chi connectivity index (χ1v) is 7.82. The van der Waals surface area contributed by atoms with Crippen molar-refractivity contribution in [2.75, 3.05) is 31.1 Å². The van der Waals surface area contributed by atoms with Crippen LogP contribution in [-0.2, 0) is 9.84 Å². The normalized spacial score (nSPS) is 19.9. The summed E-state index contributed by atoms with van der Waals surface area (Å²) in [6.45, 7) is 5.00. The van der Waals surface area contributed by atoms with E-state index >= 15 is 0 Å². The molecule has 1 aromatic heterocycles. The Balaban J connectivity index is 1.99. The third kappa shape index (κ3) is 3.00. The minimum Gasteiger partial charge on any atom is -0.362 e. The summed E-state index contributed by atoms with van der Waals surface area (Å²) in [6.07, 6.45) is 0. The first-order valence-electron chi connectivity index (χ1n) is 5.99. The zero-order chi connectivity index (χ0) is 13.3. The van der Waals surface area contributed by atoms with Gasteiger partial charge in [0.15, 0.2) is 15.6 Å². The van der Waals surface area contributed by atoms with Crippen LogP contribution in [-0.4, -0.2) is 55.2 Å². The van der Waals surface area contributed by atoms with Gasteiger partial charge in [0.2, 0.25) is 0 Å². The Morgan fingerprint density at radius 3 is 2.44 bits per heavy atom. The maximum atomic E-state index is 12.1. The van der Waals surface area contributed by atoms with Crippen LogP contribution in [0.15, 0.2) is 6.07 Å². The zero-order valence-corrected chi connectivity index (χ0v) is 11.5. The molecule has 0 spiro atoms. The highest BCUT2D eigenvalue weighted by atomic mass is 32.2. The van der Waals surface area contributed by atoms with Gasteiger partial charge in [-0.3, -0.25) is 9.69 Å². The number of nitrogens with one attached hydrogen (secondary N) is 1. The zero-order valence-electron chi connectivity index (χ0n) is 10.7. The highest BCUT2D eigenvalue weighted by Gasteiger charge is 2.24. The van der Waals surface area contributed by atoms with Crippen LogP contribution in [0.25, 0.3) is 0 Å². The third-order valence-electron chi connectivity index (χ3n) is 3.25. The molecule has 1 saturated heterocycles. The number of nitrogens with zero attached hydrogens (tertiary/aromatic N) is 1. The average molecular weight is 270 g/mol. The van der Waals surface area contributed by atoms with Crippen LogP contribution >= 0.6 is 0 Å². The molecule has 1 fully saturated rings. The van der Waals surface area contributed by atoms with Crippen molar-refractivity contribution in [2.24, 2.45) is 0 Å². The Hall–Kier alpha value is -1.14. The molecule has 0 aromatic carbocycles. The van der Waals surface area contributed by atoms with E-state index in [4.69, 9.17) is 0 Å². The van der Waals surface area contributed by atoms with E-state index in [1.165, 1.54) is 0 Å². The smallest absolute Gasteiger partial charge is 0.178 e. The van der Waals surface area contributed by atoms with Gasteiger partial charge in [0.1, 0.15) is 0 Å². The summed E-state index contributed by atoms with van der Waals surface area (Å²) in [5.41, 5.74) is 2.56. The minimum absolute atomic E-state index is 0.0520. The number of rotatable bonds is 3. The Morgan fingerprint density at radius 1 is 1.33 bits per heavy atom. The summed E-state index contributed by atoms with van der Waals surface area (Å²) in [5.74, 6) is 0.368. The molecule has 0 radical (unpaired) electrons. The van der Waals surface area contributed by atoms with Gasteiger partial charge in [-0.25, -0.2) is 8.42 Å². The van der Waals surface area contributed by atoms with Crippen LogP contribution in [0.4, 0.5) is 0 Å². The summed E-state index contributed by atoms with van der Waals surface area (Å²) in [5, 5.41) is 0. The van der Waals surface area contributed by atoms with Crippen molar-refractivity contribution in [3.05, 3.63) is 23.0 Å². The summed E-state index contributed by atoms with van der Waals surface area (Å²) in [4.78, 5) is 17.1. The molecule has 18 heavy (non-hydrogen) atoms. The van der Waals surface area contributed by atoms with Crippen LogP contribution in [0.2, 0.25) is 0 Å². The van der Waals surface area contributed by atoms with Crippen molar-refractivity contribution in [2.45, 2.75) is 13.8 Å². The molecule has 0 unspecified atom stereocenters. The number of aromatic nitrogens is 1. The largest absolute Gasteiger partial charge is 0.362 e. The van der Waals surface area contributed by atoms with Crippen molar-refractivity contribution in [1.29, 1.82) is 0 Å². The maximum absolute atomic E-state index is 12.1. The van der Waals surface area contributed by atoms with E-state index in [1.807, 2.05) is 24.8 Å². The van der Waals surface area contributed by atoms with Crippen molar-refractivity contribution >= 4 is 15.6 Å². The molecule has 0 bridgehead atoms. The first kappa shape index (κ1) is 13.3. The fourth-order valence-corrected chi connectivity index (χ4v) is 3.49. The summed E-state index contributed by atoms with van der Waals surface area (Å²) >= 11 is 0. The SMILES string of the molecule is Cc1cc(C(=O)CN2CCS(=O)(=O)CC2)c(C)[nH]1. The van der Waals surface area contributed by atoms with E-state index < -0.39 is 9.84 Å². The van der Waals surface area contributed by atoms with Gasteiger partial charge in [0.05, 0.1) is 18.1 Å². The van der Waals surface area contributed by atoms with Gasteiger partial charge >= 0.3 is 0 Å². The molecule has 0 saturated carbocycles. The first-order chi connectivity index (χ1) is 8.37. The van der Waals surface area contributed by atoms with E-state index in [0.29, 0.717) is 25.2 Å². The highest BCUT2D eigenvalue weighted by Crippen LogP contribution is 2.12. The molecule has 6 heteroatoms. The lowest BCUT2D eigenvalue weighted by Crippen LogP contribution is -2.42. The second kappa shape index (κ2) is 4.85. The van der Waals surface area contributed by atoms with Crippen LogP contribution in [0, 0.1) is 13.8 Å². The minimum atomic E-state index is -2.88. The number of ketones is 1. The van der Waals surface area contributed by atoms with E-state index in [9.17, 15) is 13.2 Å². The van der Waals surface area contributed by atoms with Crippen LogP contribution in [0.1, 0.15) is 21.7 Å². The maximum Gasteiger partial charge on any atom is 0.178 e. The molecule has 100 valence electrons. The Bertz CT molecular complexity index is 546. The molecule has 0 amide bonds. The lowest BCUT2D eigenvalue weighted by atomic mass is 10.1. The standard InChI is InChI=1S/C12H18N2O3S/c1-9-7-11(10(2)13-9)12(15)8-14-3-5-18(16,17)6-4-14/h7,13H,3-6,8H2,1-2H3. The Kier molecular flexibility index (Phi) is 3.59. The molecule has 1 aliphatic rings. The molecule has 2 heterocycles. The van der Waals surface area contributed by atoms with Gasteiger partial charge in [-0.05, 0) is 19.9 Å². The lowest BCUT2D eigenvalue weighted by molar-refractivity contribution is 0.0935. The van der Waals surface area contributed by atoms with Crippen molar-refractivity contribution in [1.82, 2.24) is 9.88 Å². The lowest BCUT2D eigenvalue weighted by Gasteiger charge is -2.25. The second-order valence-electron chi connectivity index (χ2n) is 4.84. The van der Waals surface area contributed by atoms with E-state index in [2.05, 4.69) is 4.98 Å². The number of carbonyl (C=O) groups is 1. The number of carbonyl (C=O) groups excluding carboxylic acids is 1. The molecular weight excluding hydrogens is 252 g/mol. The van der Waals surface area contributed by atoms with Gasteiger partial charge in [0, 0.05) is 30.0 Å². The average Bonchev–Trinajstić information content (AvgIpc) is 2.61. The molecule has 2 rings (SSSR count). The molecule has 1 aliphatic heterocycles. The van der Waals surface area contributed by atoms with E-state index in [1.54, 1.807) is 0 Å². The molecule has 0 aliphatic carbocycles. The number of sulfone groups is 1. The number of hydrogen-bond acceptors (Lipinski definition) is 4. The monoisotopic (exact) mass is 270 g/mol. The summed E-state index contributed by atoms with van der Waals surface area (Å²) in [7, 11) is -2.88. The fraction of sp³-hybridized carbons (Fsp3) is 0.583. The molecule has 5 nitrogen and oxygen atoms in total. The summed E-state index contributed by atoms with van der Waals surface area (Å²) in [6, 6.07) is 1.85. The molecule has 1 aromatic rings. The summed E-state index contributed by atoms with van der Waals surface area (Å²) < 4.78 is 22.6. The van der Waals surface area contributed by atoms with Gasteiger partial charge < -0.3 is 4.98 Å². The highest BCUT2D eigenvalue weighted by molar-refractivity contribution is 7.91. The van der Waals surface area contributed by atoms with Gasteiger partial charge in [-0.2, -0.15) is 0 Å². The Labute approximate surface area is 107 Å². The van der Waals surface area contributed by atoms with Crippen LogP contribution < -0.4 is 0 Å². The molecule has 0 atom stereocenters. The topological polar surface area (TPSA) is 70.2 Å². The molecular formula is C12H18N2O3S. The van der Waals surface area contributed by atoms with Gasteiger partial charge in [-0.15, -0.1) is 0 Å². The number of H-pyrrole nitrogens is 1. The number of aryl methyl sites for hydroxylation is 2. The quantitative estimate of drug-likeness (QED) is 0.814. The van der Waals surface area contributed by atoms with E-state index in [0.717, 1.165) is 11.4 Å². The fourth-order valence-electron chi connectivity index (χ4n) is 2.21. The van der Waals surface area contributed by atoms with Gasteiger partial charge in [-0.1, -0.05) is 0 Å².